The zero-order chi connectivity index (χ0) is 11.1. The molecule has 0 amide bonds. The Balaban J connectivity index is -0.000000245. The second kappa shape index (κ2) is 12.5. The average molecular weight is 468 g/mol. The third kappa shape index (κ3) is 12.9. The Morgan fingerprint density at radius 1 is 1.17 bits per heavy atom. The molecule has 0 unspecified atom stereocenters. The molecule has 18 heavy (non-hydrogen) atoms. The summed E-state index contributed by atoms with van der Waals surface area (Å²) in [7, 11) is -0.873. The van der Waals surface area contributed by atoms with Crippen molar-refractivity contribution in [2.45, 2.75) is 32.1 Å². The maximum atomic E-state index is 3.35. The summed E-state index contributed by atoms with van der Waals surface area (Å²) in [6.07, 6.45) is 8.81. The van der Waals surface area contributed by atoms with Gasteiger partial charge in [-0.25, -0.2) is 23.8 Å². The van der Waals surface area contributed by atoms with E-state index in [1.54, 1.807) is 0 Å². The molecule has 102 valence electrons. The second-order valence-electron chi connectivity index (χ2n) is 5.01. The molecule has 0 bridgehead atoms. The zero-order valence-corrected chi connectivity index (χ0v) is 17.5. The standard InChI is InChI=1S/C9H15Si.C5H5.2ClH.Hf/c1-10(2,3)8-9-6-4-5-7-9;1-2-4-5-3-1;;;/h4,6H,5,8H2,1-3H3;1-5H;2*1H;/q2*-1;;;. The van der Waals surface area contributed by atoms with Crippen molar-refractivity contribution in [1.29, 1.82) is 0 Å². The summed E-state index contributed by atoms with van der Waals surface area (Å²) in [5.74, 6) is 0. The van der Waals surface area contributed by atoms with Crippen LogP contribution in [0.3, 0.4) is 0 Å². The van der Waals surface area contributed by atoms with Gasteiger partial charge in [0, 0.05) is 33.9 Å². The molecular formula is C14H22Cl2HfSi-2. The molecule has 0 radical (unpaired) electrons. The zero-order valence-electron chi connectivity index (χ0n) is 11.3. The summed E-state index contributed by atoms with van der Waals surface area (Å²) in [6.45, 7) is 7.19. The molecule has 0 aliphatic heterocycles. The van der Waals surface area contributed by atoms with Crippen molar-refractivity contribution in [3.8, 4) is 0 Å². The van der Waals surface area contributed by atoms with E-state index in [-0.39, 0.29) is 50.7 Å². The van der Waals surface area contributed by atoms with E-state index in [9.17, 15) is 0 Å². The summed E-state index contributed by atoms with van der Waals surface area (Å²) in [5, 5.41) is 0. The molecule has 1 aliphatic rings. The van der Waals surface area contributed by atoms with E-state index in [0.717, 1.165) is 6.42 Å². The van der Waals surface area contributed by atoms with Crippen molar-refractivity contribution in [1.82, 2.24) is 0 Å². The molecule has 2 rings (SSSR count). The van der Waals surface area contributed by atoms with E-state index in [0.29, 0.717) is 0 Å². The molecule has 0 atom stereocenters. The fourth-order valence-electron chi connectivity index (χ4n) is 1.46. The summed E-state index contributed by atoms with van der Waals surface area (Å²) < 4.78 is 0. The molecule has 0 saturated carbocycles. The Kier molecular flexibility index (Phi) is 16.4. The largest absolute Gasteiger partial charge is 0.270 e. The first kappa shape index (κ1) is 23.6. The van der Waals surface area contributed by atoms with E-state index < -0.39 is 8.07 Å². The van der Waals surface area contributed by atoms with Gasteiger partial charge in [-0.15, -0.1) is 31.2 Å². The van der Waals surface area contributed by atoms with Crippen molar-refractivity contribution >= 4 is 32.9 Å². The summed E-state index contributed by atoms with van der Waals surface area (Å²) in [5.41, 5.74) is 1.44. The van der Waals surface area contributed by atoms with Gasteiger partial charge in [0.25, 0.3) is 0 Å². The molecule has 1 aromatic carbocycles. The van der Waals surface area contributed by atoms with Crippen LogP contribution < -0.4 is 0 Å². The van der Waals surface area contributed by atoms with Gasteiger partial charge < -0.3 is 0 Å². The van der Waals surface area contributed by atoms with Crippen LogP contribution in [0.2, 0.25) is 25.7 Å². The van der Waals surface area contributed by atoms with Gasteiger partial charge in [0.1, 0.15) is 0 Å². The van der Waals surface area contributed by atoms with Gasteiger partial charge >= 0.3 is 0 Å². The molecule has 0 fully saturated rings. The van der Waals surface area contributed by atoms with Crippen LogP contribution in [0.25, 0.3) is 0 Å². The second-order valence-corrected chi connectivity index (χ2v) is 10.5. The van der Waals surface area contributed by atoms with Gasteiger partial charge in [-0.2, -0.15) is 24.3 Å². The Labute approximate surface area is 144 Å². The van der Waals surface area contributed by atoms with Crippen LogP contribution in [0, 0.1) is 6.08 Å². The number of halogens is 2. The van der Waals surface area contributed by atoms with Crippen molar-refractivity contribution in [3.63, 3.8) is 0 Å². The van der Waals surface area contributed by atoms with Gasteiger partial charge in [-0.1, -0.05) is 25.7 Å². The Morgan fingerprint density at radius 2 is 1.72 bits per heavy atom. The van der Waals surface area contributed by atoms with Crippen LogP contribution in [0.15, 0.2) is 48.1 Å². The maximum Gasteiger partial charge on any atom is 0.0456 e. The van der Waals surface area contributed by atoms with Crippen molar-refractivity contribution < 1.29 is 25.8 Å². The fourth-order valence-corrected chi connectivity index (χ4v) is 2.85. The van der Waals surface area contributed by atoms with Crippen molar-refractivity contribution in [3.05, 3.63) is 54.1 Å². The molecule has 0 heterocycles. The Morgan fingerprint density at radius 3 is 2.00 bits per heavy atom. The first-order chi connectivity index (χ1) is 7.08. The molecule has 1 aromatic rings. The van der Waals surface area contributed by atoms with Gasteiger partial charge in [-0.3, -0.25) is 6.08 Å². The van der Waals surface area contributed by atoms with Gasteiger partial charge in [0.05, 0.1) is 0 Å². The summed E-state index contributed by atoms with van der Waals surface area (Å²) in [4.78, 5) is 0. The first-order valence-electron chi connectivity index (χ1n) is 5.51. The Bertz CT molecular complexity index is 307. The molecule has 0 saturated heterocycles. The number of hydrogen-bond acceptors (Lipinski definition) is 0. The monoisotopic (exact) mass is 468 g/mol. The topological polar surface area (TPSA) is 0 Å². The normalized spacial score (nSPS) is 12.1. The van der Waals surface area contributed by atoms with E-state index in [4.69, 9.17) is 0 Å². The van der Waals surface area contributed by atoms with E-state index >= 15 is 0 Å². The van der Waals surface area contributed by atoms with E-state index in [2.05, 4.69) is 37.9 Å². The maximum absolute atomic E-state index is 3.35. The minimum atomic E-state index is -0.873. The predicted molar refractivity (Wildman–Crippen MR) is 85.2 cm³/mol. The quantitative estimate of drug-likeness (QED) is 0.411. The summed E-state index contributed by atoms with van der Waals surface area (Å²) >= 11 is 0. The molecule has 0 N–H and O–H groups in total. The van der Waals surface area contributed by atoms with Crippen LogP contribution in [-0.4, -0.2) is 8.07 Å². The smallest absolute Gasteiger partial charge is 0.0456 e. The third-order valence-electron chi connectivity index (χ3n) is 2.04. The first-order valence-corrected chi connectivity index (χ1v) is 9.21. The van der Waals surface area contributed by atoms with Gasteiger partial charge in [-0.05, 0) is 0 Å². The van der Waals surface area contributed by atoms with Crippen LogP contribution >= 0.6 is 24.8 Å². The number of hydrogen-bond donors (Lipinski definition) is 0. The van der Waals surface area contributed by atoms with Crippen LogP contribution in [-0.2, 0) is 25.8 Å². The number of rotatable bonds is 2. The van der Waals surface area contributed by atoms with Crippen LogP contribution in [0.1, 0.15) is 6.42 Å². The predicted octanol–water partition coefficient (Wildman–Crippen LogP) is 5.26. The SMILES string of the molecule is C[Si](C)(C)CC1=[C-]CC=C1.Cl.Cl.[Hf].c1cc[cH-]c1. The summed E-state index contributed by atoms with van der Waals surface area (Å²) in [6, 6.07) is 11.3. The van der Waals surface area contributed by atoms with Crippen molar-refractivity contribution in [2.75, 3.05) is 0 Å². The van der Waals surface area contributed by atoms with Gasteiger partial charge in [0.2, 0.25) is 0 Å². The molecule has 0 nitrogen and oxygen atoms in total. The molecular weight excluding hydrogens is 446 g/mol. The number of allylic oxidation sites excluding steroid dienone is 4. The molecule has 1 aliphatic carbocycles. The molecule has 0 spiro atoms. The van der Waals surface area contributed by atoms with Crippen LogP contribution in [0.4, 0.5) is 0 Å². The molecule has 4 heteroatoms. The average Bonchev–Trinajstić information content (AvgIpc) is 2.71. The minimum Gasteiger partial charge on any atom is -0.270 e. The van der Waals surface area contributed by atoms with E-state index in [1.165, 1.54) is 11.6 Å². The minimum absolute atomic E-state index is 0. The molecule has 0 aromatic heterocycles. The Hall–Kier alpha value is 0.497. The van der Waals surface area contributed by atoms with Crippen LogP contribution in [0.5, 0.6) is 0 Å². The van der Waals surface area contributed by atoms with E-state index in [1.807, 2.05) is 30.3 Å². The fraction of sp³-hybridized carbons (Fsp3) is 0.357. The third-order valence-corrected chi connectivity index (χ3v) is 3.48. The van der Waals surface area contributed by atoms with Crippen molar-refractivity contribution in [2.24, 2.45) is 0 Å². The van der Waals surface area contributed by atoms with Gasteiger partial charge in [0.15, 0.2) is 0 Å².